The molecular formula is C27H29N5OS. The summed E-state index contributed by atoms with van der Waals surface area (Å²) in [5, 5.41) is 12.3. The molecule has 34 heavy (non-hydrogen) atoms. The third-order valence-corrected chi connectivity index (χ3v) is 6.97. The Morgan fingerprint density at radius 1 is 1.03 bits per heavy atom. The lowest BCUT2D eigenvalue weighted by Gasteiger charge is -2.18. The largest absolute Gasteiger partial charge is 0.325 e. The van der Waals surface area contributed by atoms with Crippen LogP contribution in [0.4, 0.5) is 5.69 Å². The molecule has 0 bridgehead atoms. The van der Waals surface area contributed by atoms with Crippen LogP contribution in [0.3, 0.4) is 0 Å². The molecule has 2 heterocycles. The van der Waals surface area contributed by atoms with Crippen LogP contribution in [0.15, 0.2) is 78.2 Å². The third-order valence-electron chi connectivity index (χ3n) is 5.92. The van der Waals surface area contributed by atoms with Crippen LogP contribution in [0, 0.1) is 6.92 Å². The second kappa shape index (κ2) is 10.7. The molecule has 1 amide bonds. The maximum atomic E-state index is 13.2. The van der Waals surface area contributed by atoms with Crippen LogP contribution in [0.5, 0.6) is 0 Å². The average molecular weight is 472 g/mol. The van der Waals surface area contributed by atoms with Crippen LogP contribution in [0.2, 0.25) is 0 Å². The molecule has 6 nitrogen and oxygen atoms in total. The Balaban J connectivity index is 1.64. The predicted molar refractivity (Wildman–Crippen MR) is 138 cm³/mol. The van der Waals surface area contributed by atoms with Gasteiger partial charge in [-0.3, -0.25) is 14.3 Å². The maximum absolute atomic E-state index is 13.2. The zero-order valence-corrected chi connectivity index (χ0v) is 20.7. The van der Waals surface area contributed by atoms with Gasteiger partial charge in [0.1, 0.15) is 0 Å². The second-order valence-corrected chi connectivity index (χ2v) is 9.62. The summed E-state index contributed by atoms with van der Waals surface area (Å²) in [4.78, 5) is 17.4. The Morgan fingerprint density at radius 2 is 1.79 bits per heavy atom. The Bertz CT molecular complexity index is 1270. The highest BCUT2D eigenvalue weighted by molar-refractivity contribution is 8.00. The molecule has 2 unspecified atom stereocenters. The number of hydrogen-bond donors (Lipinski definition) is 1. The number of thioether (sulfide) groups is 1. The molecular weight excluding hydrogens is 442 g/mol. The van der Waals surface area contributed by atoms with Gasteiger partial charge in [0, 0.05) is 23.6 Å². The quantitative estimate of drug-likeness (QED) is 0.307. The lowest BCUT2D eigenvalue weighted by Crippen LogP contribution is -2.23. The van der Waals surface area contributed by atoms with Crippen molar-refractivity contribution in [1.29, 1.82) is 0 Å². The number of nitrogens with one attached hydrogen (secondary N) is 1. The fourth-order valence-corrected chi connectivity index (χ4v) is 4.63. The topological polar surface area (TPSA) is 72.7 Å². The van der Waals surface area contributed by atoms with Gasteiger partial charge in [0.25, 0.3) is 0 Å². The van der Waals surface area contributed by atoms with Crippen LogP contribution < -0.4 is 5.32 Å². The summed E-state index contributed by atoms with van der Waals surface area (Å²) in [7, 11) is 0. The summed E-state index contributed by atoms with van der Waals surface area (Å²) in [6.07, 6.45) is 4.51. The van der Waals surface area contributed by atoms with Crippen molar-refractivity contribution in [3.05, 3.63) is 84.2 Å². The molecule has 0 saturated heterocycles. The number of carbonyl (C=O) groups excluding carboxylic acids is 1. The molecule has 0 radical (unpaired) electrons. The van der Waals surface area contributed by atoms with Gasteiger partial charge in [-0.1, -0.05) is 62.0 Å². The zero-order chi connectivity index (χ0) is 24.1. The first-order valence-corrected chi connectivity index (χ1v) is 12.4. The number of pyridine rings is 1. The highest BCUT2D eigenvalue weighted by Crippen LogP contribution is 2.32. The summed E-state index contributed by atoms with van der Waals surface area (Å²) in [5.41, 5.74) is 4.95. The summed E-state index contributed by atoms with van der Waals surface area (Å²) < 4.78 is 2.01. The summed E-state index contributed by atoms with van der Waals surface area (Å²) in [5.74, 6) is 0.994. The average Bonchev–Trinajstić information content (AvgIpc) is 3.27. The highest BCUT2D eigenvalue weighted by Gasteiger charge is 2.23. The van der Waals surface area contributed by atoms with E-state index in [-0.39, 0.29) is 11.2 Å². The maximum Gasteiger partial charge on any atom is 0.237 e. The second-order valence-electron chi connectivity index (χ2n) is 8.32. The summed E-state index contributed by atoms with van der Waals surface area (Å²) in [6.45, 7) is 8.28. The molecule has 0 aliphatic carbocycles. The molecule has 2 aromatic heterocycles. The molecule has 2 aromatic carbocycles. The molecule has 0 spiro atoms. The van der Waals surface area contributed by atoms with Gasteiger partial charge in [-0.2, -0.15) is 0 Å². The number of benzene rings is 2. The van der Waals surface area contributed by atoms with E-state index >= 15 is 0 Å². The van der Waals surface area contributed by atoms with Gasteiger partial charge in [0.15, 0.2) is 11.0 Å². The van der Waals surface area contributed by atoms with Gasteiger partial charge in [-0.15, -0.1) is 10.2 Å². The van der Waals surface area contributed by atoms with Crippen LogP contribution in [0.1, 0.15) is 44.2 Å². The van der Waals surface area contributed by atoms with E-state index in [2.05, 4.69) is 53.4 Å². The minimum atomic E-state index is -0.376. The van der Waals surface area contributed by atoms with Crippen LogP contribution in [-0.4, -0.2) is 30.9 Å². The monoisotopic (exact) mass is 471 g/mol. The van der Waals surface area contributed by atoms with Gasteiger partial charge in [-0.05, 0) is 61.6 Å². The van der Waals surface area contributed by atoms with E-state index in [9.17, 15) is 4.79 Å². The Labute approximate surface area is 204 Å². The number of hydrogen-bond acceptors (Lipinski definition) is 5. The first-order valence-electron chi connectivity index (χ1n) is 11.5. The van der Waals surface area contributed by atoms with E-state index in [1.165, 1.54) is 11.8 Å². The van der Waals surface area contributed by atoms with Crippen molar-refractivity contribution < 1.29 is 4.79 Å². The molecule has 0 saturated carbocycles. The van der Waals surface area contributed by atoms with Crippen molar-refractivity contribution in [2.75, 3.05) is 5.32 Å². The van der Waals surface area contributed by atoms with E-state index in [4.69, 9.17) is 0 Å². The van der Waals surface area contributed by atoms with E-state index in [0.29, 0.717) is 16.9 Å². The smallest absolute Gasteiger partial charge is 0.237 e. The minimum Gasteiger partial charge on any atom is -0.325 e. The molecule has 7 heteroatoms. The first-order chi connectivity index (χ1) is 16.5. The first kappa shape index (κ1) is 23.7. The molecule has 4 aromatic rings. The Hall–Kier alpha value is -3.45. The summed E-state index contributed by atoms with van der Waals surface area (Å²) in [6, 6.07) is 19.9. The summed E-state index contributed by atoms with van der Waals surface area (Å²) >= 11 is 1.39. The number of aromatic nitrogens is 4. The number of carbonyl (C=O) groups is 1. The number of para-hydroxylation sites is 2. The standard InChI is InChI=1S/C27H29N5OS/c1-5-18(2)22-13-7-8-14-23(22)29-26(33)20(4)34-27-31-30-25(21-12-10-16-28-17-21)32(27)24-15-9-6-11-19(24)3/h6-18,20H,5H2,1-4H3,(H,29,33). The lowest BCUT2D eigenvalue weighted by molar-refractivity contribution is -0.115. The molecule has 0 aliphatic heterocycles. The molecule has 4 rings (SSSR count). The van der Waals surface area contributed by atoms with Gasteiger partial charge in [0.2, 0.25) is 5.91 Å². The van der Waals surface area contributed by atoms with Gasteiger partial charge >= 0.3 is 0 Å². The van der Waals surface area contributed by atoms with Crippen molar-refractivity contribution in [3.63, 3.8) is 0 Å². The van der Waals surface area contributed by atoms with Crippen LogP contribution in [-0.2, 0) is 4.79 Å². The van der Waals surface area contributed by atoms with Crippen LogP contribution >= 0.6 is 11.8 Å². The van der Waals surface area contributed by atoms with Crippen LogP contribution in [0.25, 0.3) is 17.1 Å². The number of nitrogens with zero attached hydrogens (tertiary/aromatic N) is 4. The van der Waals surface area contributed by atoms with Crippen molar-refractivity contribution in [2.45, 2.75) is 50.4 Å². The predicted octanol–water partition coefficient (Wildman–Crippen LogP) is 6.27. The van der Waals surface area contributed by atoms with Crippen molar-refractivity contribution in [1.82, 2.24) is 19.7 Å². The third kappa shape index (κ3) is 5.04. The Morgan fingerprint density at radius 3 is 2.53 bits per heavy atom. The van der Waals surface area contributed by atoms with Crippen molar-refractivity contribution in [2.24, 2.45) is 0 Å². The van der Waals surface area contributed by atoms with Crippen molar-refractivity contribution >= 4 is 23.4 Å². The molecule has 1 N–H and O–H groups in total. The fourth-order valence-electron chi connectivity index (χ4n) is 3.77. The SMILES string of the molecule is CCC(C)c1ccccc1NC(=O)C(C)Sc1nnc(-c2cccnc2)n1-c1ccccc1C. The number of anilines is 1. The van der Waals surface area contributed by atoms with Crippen molar-refractivity contribution in [3.8, 4) is 17.1 Å². The molecule has 174 valence electrons. The fraction of sp³-hybridized carbons (Fsp3) is 0.259. The Kier molecular flexibility index (Phi) is 7.43. The van der Waals surface area contributed by atoms with Gasteiger partial charge in [-0.25, -0.2) is 0 Å². The number of aryl methyl sites for hydroxylation is 1. The van der Waals surface area contributed by atoms with E-state index < -0.39 is 0 Å². The van der Waals surface area contributed by atoms with E-state index in [0.717, 1.165) is 34.5 Å². The molecule has 0 aliphatic rings. The van der Waals surface area contributed by atoms with Gasteiger partial charge < -0.3 is 5.32 Å². The number of amides is 1. The highest BCUT2D eigenvalue weighted by atomic mass is 32.2. The zero-order valence-electron chi connectivity index (χ0n) is 19.9. The van der Waals surface area contributed by atoms with E-state index in [1.54, 1.807) is 12.4 Å². The van der Waals surface area contributed by atoms with E-state index in [1.807, 2.05) is 60.0 Å². The lowest BCUT2D eigenvalue weighted by atomic mass is 9.97. The normalized spacial score (nSPS) is 12.8. The number of rotatable bonds is 8. The molecule has 0 fully saturated rings. The van der Waals surface area contributed by atoms with Gasteiger partial charge in [0.05, 0.1) is 10.9 Å². The minimum absolute atomic E-state index is 0.0667. The molecule has 2 atom stereocenters.